The highest BCUT2D eigenvalue weighted by Crippen LogP contribution is 2.31. The average Bonchev–Trinajstić information content (AvgIpc) is 3.01. The van der Waals surface area contributed by atoms with Crippen LogP contribution < -0.4 is 10.1 Å². The molecule has 1 saturated heterocycles. The van der Waals surface area contributed by atoms with E-state index in [4.69, 9.17) is 9.84 Å². The van der Waals surface area contributed by atoms with E-state index in [0.29, 0.717) is 6.10 Å². The van der Waals surface area contributed by atoms with Gasteiger partial charge in [0.05, 0.1) is 11.2 Å². The van der Waals surface area contributed by atoms with Crippen LogP contribution in [0, 0.1) is 0 Å². The van der Waals surface area contributed by atoms with Crippen molar-refractivity contribution in [3.63, 3.8) is 0 Å². The molecule has 0 aliphatic carbocycles. The van der Waals surface area contributed by atoms with Crippen LogP contribution in [0.1, 0.15) is 12.8 Å². The van der Waals surface area contributed by atoms with Gasteiger partial charge in [0.25, 0.3) is 0 Å². The molecule has 5 heteroatoms. The molecule has 1 N–H and O–H groups in total. The number of hydrogen-bond acceptors (Lipinski definition) is 4. The lowest BCUT2D eigenvalue weighted by Crippen LogP contribution is -2.34. The number of nitrogens with one attached hydrogen (secondary N) is 1. The van der Waals surface area contributed by atoms with Crippen LogP contribution in [0.25, 0.3) is 16.6 Å². The predicted molar refractivity (Wildman–Crippen MR) is 99.4 cm³/mol. The lowest BCUT2D eigenvalue weighted by Gasteiger charge is -2.23. The van der Waals surface area contributed by atoms with E-state index in [-0.39, 0.29) is 0 Å². The summed E-state index contributed by atoms with van der Waals surface area (Å²) >= 11 is 1.67. The van der Waals surface area contributed by atoms with E-state index in [9.17, 15) is 0 Å². The Labute approximate surface area is 146 Å². The molecule has 0 spiro atoms. The first-order valence-corrected chi connectivity index (χ1v) is 9.57. The zero-order valence-electron chi connectivity index (χ0n) is 13.7. The summed E-state index contributed by atoms with van der Waals surface area (Å²) in [7, 11) is 0. The van der Waals surface area contributed by atoms with Crippen molar-refractivity contribution in [2.75, 3.05) is 19.3 Å². The molecule has 0 radical (unpaired) electrons. The average molecular weight is 339 g/mol. The van der Waals surface area contributed by atoms with E-state index in [2.05, 4.69) is 41.9 Å². The molecule has 4 rings (SSSR count). The van der Waals surface area contributed by atoms with Crippen molar-refractivity contribution in [2.45, 2.75) is 24.0 Å². The van der Waals surface area contributed by atoms with Gasteiger partial charge in [0.1, 0.15) is 16.9 Å². The first-order valence-electron chi connectivity index (χ1n) is 8.35. The summed E-state index contributed by atoms with van der Waals surface area (Å²) in [5.74, 6) is 0.930. The largest absolute Gasteiger partial charge is 0.490 e. The summed E-state index contributed by atoms with van der Waals surface area (Å²) < 4.78 is 8.22. The fraction of sp³-hybridized carbons (Fsp3) is 0.316. The van der Waals surface area contributed by atoms with Crippen molar-refractivity contribution >= 4 is 22.7 Å². The molecule has 124 valence electrons. The predicted octanol–water partition coefficient (Wildman–Crippen LogP) is 3.88. The smallest absolute Gasteiger partial charge is 0.126 e. The van der Waals surface area contributed by atoms with Gasteiger partial charge in [0, 0.05) is 11.5 Å². The summed E-state index contributed by atoms with van der Waals surface area (Å²) in [6, 6.07) is 16.6. The lowest BCUT2D eigenvalue weighted by atomic mass is 10.1. The van der Waals surface area contributed by atoms with Gasteiger partial charge in [0.2, 0.25) is 0 Å². The maximum absolute atomic E-state index is 6.21. The molecule has 0 bridgehead atoms. The Morgan fingerprint density at radius 2 is 1.92 bits per heavy atom. The molecule has 1 aliphatic heterocycles. The van der Waals surface area contributed by atoms with E-state index >= 15 is 0 Å². The van der Waals surface area contributed by atoms with Crippen LogP contribution in [0.5, 0.6) is 5.75 Å². The van der Waals surface area contributed by atoms with Gasteiger partial charge in [-0.05, 0) is 56.5 Å². The van der Waals surface area contributed by atoms with E-state index in [1.165, 1.54) is 5.39 Å². The van der Waals surface area contributed by atoms with Crippen molar-refractivity contribution in [1.82, 2.24) is 15.1 Å². The van der Waals surface area contributed by atoms with Crippen molar-refractivity contribution in [3.8, 4) is 11.4 Å². The number of nitrogens with zero attached hydrogens (tertiary/aromatic N) is 2. The van der Waals surface area contributed by atoms with Crippen molar-refractivity contribution in [1.29, 1.82) is 0 Å². The van der Waals surface area contributed by atoms with Gasteiger partial charge in [-0.15, -0.1) is 11.8 Å². The number of para-hydroxylation sites is 1. The second-order valence-electron chi connectivity index (χ2n) is 6.00. The number of ether oxygens (including phenoxy) is 1. The molecule has 1 aliphatic rings. The topological polar surface area (TPSA) is 39.1 Å². The molecule has 4 nitrogen and oxygen atoms in total. The standard InChI is InChI=1S/C19H21N3OS/c1-24-19-17-8-7-16(23-15-9-11-20-12-10-15)13-18(17)22(21-19)14-5-3-2-4-6-14/h2-8,13,15,20H,9-12H2,1H3. The monoisotopic (exact) mass is 339 g/mol. The molecule has 0 unspecified atom stereocenters. The minimum atomic E-state index is 0.303. The highest BCUT2D eigenvalue weighted by atomic mass is 32.2. The van der Waals surface area contributed by atoms with Crippen LogP contribution in [-0.2, 0) is 0 Å². The maximum atomic E-state index is 6.21. The minimum Gasteiger partial charge on any atom is -0.490 e. The van der Waals surface area contributed by atoms with Crippen LogP contribution in [0.2, 0.25) is 0 Å². The van der Waals surface area contributed by atoms with E-state index in [0.717, 1.165) is 47.9 Å². The summed E-state index contributed by atoms with van der Waals surface area (Å²) in [6.45, 7) is 2.07. The summed E-state index contributed by atoms with van der Waals surface area (Å²) in [5.41, 5.74) is 2.17. The van der Waals surface area contributed by atoms with Gasteiger partial charge in [0.15, 0.2) is 0 Å². The Hall–Kier alpha value is -1.98. The van der Waals surface area contributed by atoms with Gasteiger partial charge >= 0.3 is 0 Å². The Morgan fingerprint density at radius 3 is 2.67 bits per heavy atom. The highest BCUT2D eigenvalue weighted by Gasteiger charge is 2.16. The molecule has 0 amide bonds. The summed E-state index contributed by atoms with van der Waals surface area (Å²) in [4.78, 5) is 0. The summed E-state index contributed by atoms with van der Waals surface area (Å²) in [5, 5.41) is 10.4. The van der Waals surface area contributed by atoms with Gasteiger partial charge < -0.3 is 10.1 Å². The van der Waals surface area contributed by atoms with Crippen molar-refractivity contribution < 1.29 is 4.74 Å². The number of thioether (sulfide) groups is 1. The number of benzene rings is 2. The van der Waals surface area contributed by atoms with E-state index in [1.807, 2.05) is 22.9 Å². The van der Waals surface area contributed by atoms with Crippen LogP contribution >= 0.6 is 11.8 Å². The van der Waals surface area contributed by atoms with Crippen LogP contribution in [0.15, 0.2) is 53.6 Å². The lowest BCUT2D eigenvalue weighted by molar-refractivity contribution is 0.162. The third-order valence-corrected chi connectivity index (χ3v) is 5.09. The minimum absolute atomic E-state index is 0.303. The number of rotatable bonds is 4. The zero-order chi connectivity index (χ0) is 16.4. The second kappa shape index (κ2) is 6.87. The molecular weight excluding hydrogens is 318 g/mol. The van der Waals surface area contributed by atoms with Crippen LogP contribution in [0.3, 0.4) is 0 Å². The molecule has 1 aromatic heterocycles. The second-order valence-corrected chi connectivity index (χ2v) is 6.80. The highest BCUT2D eigenvalue weighted by molar-refractivity contribution is 7.98. The number of fused-ring (bicyclic) bond motifs is 1. The molecule has 0 saturated carbocycles. The molecule has 24 heavy (non-hydrogen) atoms. The Morgan fingerprint density at radius 1 is 1.12 bits per heavy atom. The molecule has 1 fully saturated rings. The third-order valence-electron chi connectivity index (χ3n) is 4.40. The fourth-order valence-electron chi connectivity index (χ4n) is 3.16. The Bertz CT molecular complexity index is 825. The fourth-order valence-corrected chi connectivity index (χ4v) is 3.72. The number of piperidine rings is 1. The van der Waals surface area contributed by atoms with E-state index in [1.54, 1.807) is 11.8 Å². The number of aromatic nitrogens is 2. The van der Waals surface area contributed by atoms with Gasteiger partial charge in [-0.25, -0.2) is 4.68 Å². The maximum Gasteiger partial charge on any atom is 0.126 e. The van der Waals surface area contributed by atoms with Crippen molar-refractivity contribution in [2.24, 2.45) is 0 Å². The van der Waals surface area contributed by atoms with E-state index < -0.39 is 0 Å². The molecule has 0 atom stereocenters. The number of hydrogen-bond donors (Lipinski definition) is 1. The van der Waals surface area contributed by atoms with Gasteiger partial charge in [-0.1, -0.05) is 18.2 Å². The van der Waals surface area contributed by atoms with Crippen molar-refractivity contribution in [3.05, 3.63) is 48.5 Å². The zero-order valence-corrected chi connectivity index (χ0v) is 14.6. The van der Waals surface area contributed by atoms with Gasteiger partial charge in [-0.3, -0.25) is 0 Å². The van der Waals surface area contributed by atoms with Crippen LogP contribution in [0.4, 0.5) is 0 Å². The summed E-state index contributed by atoms with van der Waals surface area (Å²) in [6.07, 6.45) is 4.49. The first kappa shape index (κ1) is 15.5. The quantitative estimate of drug-likeness (QED) is 0.732. The molecule has 2 aromatic carbocycles. The Balaban J connectivity index is 1.74. The first-order chi connectivity index (χ1) is 11.8. The van der Waals surface area contributed by atoms with Gasteiger partial charge in [-0.2, -0.15) is 5.10 Å². The molecular formula is C19H21N3OS. The normalized spacial score (nSPS) is 15.7. The van der Waals surface area contributed by atoms with Crippen LogP contribution in [-0.4, -0.2) is 35.2 Å². The third kappa shape index (κ3) is 3.01. The molecule has 2 heterocycles. The Kier molecular flexibility index (Phi) is 4.45. The molecule has 3 aromatic rings. The SMILES string of the molecule is CSc1nn(-c2ccccc2)c2cc(OC3CCNCC3)ccc12.